The number of amides is 1. The van der Waals surface area contributed by atoms with E-state index < -0.39 is 48.9 Å². The molecule has 3 aliphatic rings. The van der Waals surface area contributed by atoms with Crippen molar-refractivity contribution in [1.29, 1.82) is 0 Å². The van der Waals surface area contributed by atoms with Crippen LogP contribution in [0.2, 0.25) is 0 Å². The molecule has 3 heterocycles. The topological polar surface area (TPSA) is 173 Å². The van der Waals surface area contributed by atoms with Crippen molar-refractivity contribution in [2.75, 3.05) is 6.61 Å². The summed E-state index contributed by atoms with van der Waals surface area (Å²) in [5, 5.41) is 41.6. The van der Waals surface area contributed by atoms with E-state index in [0.717, 1.165) is 11.2 Å². The van der Waals surface area contributed by atoms with Crippen molar-refractivity contribution in [1.82, 2.24) is 10.2 Å². The predicted octanol–water partition coefficient (Wildman–Crippen LogP) is -4.77. The molecule has 0 aromatic carbocycles. The highest BCUT2D eigenvalue weighted by atomic mass is 16.6. The van der Waals surface area contributed by atoms with Crippen LogP contribution in [0, 0.1) is 0 Å². The molecule has 3 aliphatic heterocycles. The zero-order chi connectivity index (χ0) is 15.4. The minimum atomic E-state index is -2.15. The van der Waals surface area contributed by atoms with Crippen molar-refractivity contribution < 1.29 is 30.0 Å². The molecular formula is C10H15N5O6. The Hall–Kier alpha value is -1.79. The average Bonchev–Trinajstić information content (AvgIpc) is 2.88. The maximum atomic E-state index is 11.8. The molecule has 1 fully saturated rings. The van der Waals surface area contributed by atoms with Crippen LogP contribution < -0.4 is 11.1 Å². The Bertz CT molecular complexity index is 526. The monoisotopic (exact) mass is 301 g/mol. The fraction of sp³-hybridized carbons (Fsp3) is 0.700. The highest BCUT2D eigenvalue weighted by Crippen LogP contribution is 2.34. The lowest BCUT2D eigenvalue weighted by Crippen LogP contribution is -2.65. The first-order chi connectivity index (χ1) is 9.88. The van der Waals surface area contributed by atoms with Crippen LogP contribution in [0.3, 0.4) is 0 Å². The number of fused-ring (bicyclic) bond motifs is 1. The summed E-state index contributed by atoms with van der Waals surface area (Å²) >= 11 is 0. The molecule has 7 N–H and O–H groups in total. The van der Waals surface area contributed by atoms with Gasteiger partial charge in [0.05, 0.1) is 12.9 Å². The lowest BCUT2D eigenvalue weighted by Gasteiger charge is -2.39. The molecule has 0 bridgehead atoms. The van der Waals surface area contributed by atoms with E-state index >= 15 is 0 Å². The SMILES string of the molecule is NC1=NC2(O)C(N=CN2[C@@H]2O[C@H](CO)[C@@H](O)[C@H]2O)C(=O)N1. The summed E-state index contributed by atoms with van der Waals surface area (Å²) in [5.74, 6) is -3.11. The fourth-order valence-corrected chi connectivity index (χ4v) is 2.59. The van der Waals surface area contributed by atoms with Gasteiger partial charge in [0.25, 0.3) is 11.8 Å². The predicted molar refractivity (Wildman–Crippen MR) is 66.6 cm³/mol. The van der Waals surface area contributed by atoms with Crippen molar-refractivity contribution in [3.8, 4) is 0 Å². The molecule has 3 rings (SSSR count). The first kappa shape index (κ1) is 14.2. The highest BCUT2D eigenvalue weighted by Gasteiger charge is 2.58. The number of aliphatic imine (C=N–C) groups is 2. The summed E-state index contributed by atoms with van der Waals surface area (Å²) in [5.41, 5.74) is 5.43. The van der Waals surface area contributed by atoms with Crippen LogP contribution in [0.1, 0.15) is 0 Å². The van der Waals surface area contributed by atoms with Gasteiger partial charge in [0.1, 0.15) is 18.3 Å². The number of aliphatic hydroxyl groups excluding tert-OH is 3. The van der Waals surface area contributed by atoms with E-state index in [2.05, 4.69) is 15.3 Å². The van der Waals surface area contributed by atoms with Crippen LogP contribution in [0.25, 0.3) is 0 Å². The molecule has 11 heteroatoms. The molecule has 1 amide bonds. The zero-order valence-electron chi connectivity index (χ0n) is 10.7. The Morgan fingerprint density at radius 2 is 2.19 bits per heavy atom. The van der Waals surface area contributed by atoms with Gasteiger partial charge in [0.2, 0.25) is 0 Å². The van der Waals surface area contributed by atoms with Gasteiger partial charge in [-0.15, -0.1) is 0 Å². The lowest BCUT2D eigenvalue weighted by atomic mass is 10.1. The molecule has 0 spiro atoms. The normalized spacial score (nSPS) is 45.5. The first-order valence-corrected chi connectivity index (χ1v) is 6.21. The number of hydrogen-bond acceptors (Lipinski definition) is 10. The number of carbonyl (C=O) groups excluding carboxylic acids is 1. The number of nitrogens with zero attached hydrogens (tertiary/aromatic N) is 3. The van der Waals surface area contributed by atoms with Crippen molar-refractivity contribution in [2.45, 2.75) is 36.4 Å². The van der Waals surface area contributed by atoms with Gasteiger partial charge in [0, 0.05) is 0 Å². The second-order valence-corrected chi connectivity index (χ2v) is 4.98. The minimum absolute atomic E-state index is 0.305. The number of nitrogens with one attached hydrogen (secondary N) is 1. The van der Waals surface area contributed by atoms with Gasteiger partial charge in [-0.1, -0.05) is 0 Å². The quantitative estimate of drug-likeness (QED) is 0.295. The third-order valence-electron chi connectivity index (χ3n) is 3.66. The molecule has 11 nitrogen and oxygen atoms in total. The molecule has 21 heavy (non-hydrogen) atoms. The lowest BCUT2D eigenvalue weighted by molar-refractivity contribution is -0.172. The third kappa shape index (κ3) is 1.90. The van der Waals surface area contributed by atoms with Crippen molar-refractivity contribution in [3.63, 3.8) is 0 Å². The maximum absolute atomic E-state index is 11.8. The summed E-state index contributed by atoms with van der Waals surface area (Å²) < 4.78 is 5.29. The second kappa shape index (κ2) is 4.61. The number of rotatable bonds is 2. The van der Waals surface area contributed by atoms with E-state index in [1.54, 1.807) is 0 Å². The van der Waals surface area contributed by atoms with Crippen LogP contribution >= 0.6 is 0 Å². The van der Waals surface area contributed by atoms with E-state index in [1.165, 1.54) is 0 Å². The van der Waals surface area contributed by atoms with Crippen LogP contribution in [-0.2, 0) is 9.53 Å². The van der Waals surface area contributed by atoms with Crippen LogP contribution in [0.4, 0.5) is 0 Å². The van der Waals surface area contributed by atoms with Gasteiger partial charge < -0.3 is 30.9 Å². The molecule has 2 unspecified atom stereocenters. The Kier molecular flexibility index (Phi) is 3.11. The Morgan fingerprint density at radius 1 is 1.48 bits per heavy atom. The summed E-state index contributed by atoms with van der Waals surface area (Å²) in [6.07, 6.45) is -3.96. The second-order valence-electron chi connectivity index (χ2n) is 4.98. The molecule has 1 saturated heterocycles. The van der Waals surface area contributed by atoms with Gasteiger partial charge in [-0.2, -0.15) is 4.99 Å². The van der Waals surface area contributed by atoms with E-state index in [4.69, 9.17) is 15.6 Å². The smallest absolute Gasteiger partial charge is 0.275 e. The van der Waals surface area contributed by atoms with Crippen molar-refractivity contribution in [2.24, 2.45) is 15.7 Å². The van der Waals surface area contributed by atoms with Gasteiger partial charge in [-0.3, -0.25) is 20.0 Å². The molecule has 0 radical (unpaired) electrons. The number of ether oxygens (including phenoxy) is 1. The fourth-order valence-electron chi connectivity index (χ4n) is 2.59. The van der Waals surface area contributed by atoms with Crippen LogP contribution in [0.15, 0.2) is 9.98 Å². The summed E-state index contributed by atoms with van der Waals surface area (Å²) in [4.78, 5) is 20.3. The highest BCUT2D eigenvalue weighted by molar-refractivity contribution is 6.03. The average molecular weight is 301 g/mol. The van der Waals surface area contributed by atoms with E-state index in [-0.39, 0.29) is 5.96 Å². The Balaban J connectivity index is 1.92. The van der Waals surface area contributed by atoms with E-state index in [9.17, 15) is 20.1 Å². The summed E-state index contributed by atoms with van der Waals surface area (Å²) in [6.45, 7) is -0.520. The van der Waals surface area contributed by atoms with Gasteiger partial charge >= 0.3 is 0 Å². The molecule has 0 aromatic heterocycles. The van der Waals surface area contributed by atoms with E-state index in [0.29, 0.717) is 0 Å². The van der Waals surface area contributed by atoms with Crippen LogP contribution in [0.5, 0.6) is 0 Å². The van der Waals surface area contributed by atoms with E-state index in [1.807, 2.05) is 0 Å². The third-order valence-corrected chi connectivity index (χ3v) is 3.66. The number of nitrogens with two attached hydrogens (primary N) is 1. The van der Waals surface area contributed by atoms with Gasteiger partial charge in [-0.25, -0.2) is 0 Å². The molecule has 116 valence electrons. The molecule has 0 saturated carbocycles. The number of aliphatic hydroxyl groups is 4. The number of carbonyl (C=O) groups is 1. The number of guanidine groups is 1. The molecule has 0 aromatic rings. The Morgan fingerprint density at radius 3 is 2.81 bits per heavy atom. The van der Waals surface area contributed by atoms with Crippen LogP contribution in [-0.4, -0.2) is 86.6 Å². The minimum Gasteiger partial charge on any atom is -0.394 e. The molecular weight excluding hydrogens is 286 g/mol. The molecule has 0 aliphatic carbocycles. The number of hydrogen-bond donors (Lipinski definition) is 6. The summed E-state index contributed by atoms with van der Waals surface area (Å²) in [7, 11) is 0. The zero-order valence-corrected chi connectivity index (χ0v) is 10.7. The summed E-state index contributed by atoms with van der Waals surface area (Å²) in [6, 6.07) is -1.27. The first-order valence-electron chi connectivity index (χ1n) is 6.21. The molecule has 6 atom stereocenters. The standard InChI is InChI=1S/C10H15N5O6/c11-9-13-7(19)6-10(20,14-9)15(2-12-6)8-5(18)4(17)3(1-16)21-8/h2-6,8,16-18,20H,1H2,(H3,11,13,14,19)/t3-,4-,5-,6?,8-,10?/m1/s1. The maximum Gasteiger partial charge on any atom is 0.275 e. The van der Waals surface area contributed by atoms with Gasteiger partial charge in [-0.05, 0) is 0 Å². The van der Waals surface area contributed by atoms with Gasteiger partial charge in [0.15, 0.2) is 18.2 Å². The van der Waals surface area contributed by atoms with Crippen molar-refractivity contribution >= 4 is 18.2 Å². The largest absolute Gasteiger partial charge is 0.394 e. The van der Waals surface area contributed by atoms with Crippen molar-refractivity contribution in [3.05, 3.63) is 0 Å². The Labute approximate surface area is 118 Å².